The number of para-hydroxylation sites is 2. The van der Waals surface area contributed by atoms with E-state index in [1.807, 2.05) is 0 Å². The molecule has 2 unspecified atom stereocenters. The number of hydrogen-bond donors (Lipinski definition) is 1. The molecule has 1 spiro atoms. The van der Waals surface area contributed by atoms with Crippen LogP contribution in [0.1, 0.15) is 27.8 Å². The highest BCUT2D eigenvalue weighted by molar-refractivity contribution is 6.15. The lowest BCUT2D eigenvalue weighted by atomic mass is 9.36. The number of benzene rings is 5. The third-order valence-corrected chi connectivity index (χ3v) is 12.1. The summed E-state index contributed by atoms with van der Waals surface area (Å²) >= 11 is 0. The normalized spacial score (nSPS) is 25.7. The molecule has 5 aromatic rings. The standard InChI is InChI=1S/C44H29N2/c1-3-13-31(14-4-1)46(32-15-5-2-6-16-32)42-38-35-25-21-27-11-7-9-17-33(27)43(35)40(38)37-29-19-23-30(24-20-29)45-44(46)34-18-10-8-12-28(34)22-26-36(44)39(42)41(37)43/h1-20,23-26,45H,21-22H2/q+1. The fourth-order valence-corrected chi connectivity index (χ4v) is 10.7. The van der Waals surface area contributed by atoms with Crippen LogP contribution in [-0.2, 0) is 23.9 Å². The molecule has 2 heteroatoms. The van der Waals surface area contributed by atoms with Crippen molar-refractivity contribution >= 4 is 22.6 Å². The van der Waals surface area contributed by atoms with Crippen LogP contribution in [0.15, 0.2) is 185 Å². The Balaban J connectivity index is 1.37. The Bertz CT molecular complexity index is 2380. The van der Waals surface area contributed by atoms with Gasteiger partial charge in [0, 0.05) is 41.1 Å². The molecular weight excluding hydrogens is 556 g/mol. The molecule has 46 heavy (non-hydrogen) atoms. The maximum Gasteiger partial charge on any atom is 0.240 e. The van der Waals surface area contributed by atoms with Crippen LogP contribution in [0.5, 0.6) is 0 Å². The number of quaternary nitrogens is 1. The summed E-state index contributed by atoms with van der Waals surface area (Å²) in [7, 11) is 0. The zero-order valence-corrected chi connectivity index (χ0v) is 25.2. The first-order valence-corrected chi connectivity index (χ1v) is 16.5. The summed E-state index contributed by atoms with van der Waals surface area (Å²) < 4.78 is 0.568. The van der Waals surface area contributed by atoms with Gasteiger partial charge in [-0.25, -0.2) is 0 Å². The van der Waals surface area contributed by atoms with Gasteiger partial charge in [-0.3, -0.25) is 0 Å². The molecule has 5 aliphatic carbocycles. The average Bonchev–Trinajstić information content (AvgIpc) is 3.38. The minimum atomic E-state index is -0.628. The molecule has 3 heterocycles. The third kappa shape index (κ3) is 2.22. The van der Waals surface area contributed by atoms with Crippen molar-refractivity contribution in [2.24, 2.45) is 0 Å². The molecule has 0 aromatic heterocycles. The van der Waals surface area contributed by atoms with Gasteiger partial charge in [0.25, 0.3) is 0 Å². The van der Waals surface area contributed by atoms with Crippen LogP contribution >= 0.6 is 0 Å². The van der Waals surface area contributed by atoms with Gasteiger partial charge in [-0.05, 0) is 75.6 Å². The van der Waals surface area contributed by atoms with Gasteiger partial charge in [0.2, 0.25) is 5.66 Å². The fourth-order valence-electron chi connectivity index (χ4n) is 10.7. The summed E-state index contributed by atoms with van der Waals surface area (Å²) in [4.78, 5) is 0. The maximum atomic E-state index is 4.35. The highest BCUT2D eigenvalue weighted by Gasteiger charge is 2.79. The minimum Gasteiger partial charge on any atom is -0.325 e. The number of hydrogen-bond acceptors (Lipinski definition) is 1. The minimum absolute atomic E-state index is 0.146. The van der Waals surface area contributed by atoms with Crippen LogP contribution in [-0.4, -0.2) is 0 Å². The summed E-state index contributed by atoms with van der Waals surface area (Å²) in [6.07, 6.45) is 7.05. The van der Waals surface area contributed by atoms with Gasteiger partial charge < -0.3 is 5.32 Å². The van der Waals surface area contributed by atoms with E-state index in [1.165, 1.54) is 83.9 Å². The Morgan fingerprint density at radius 3 is 1.76 bits per heavy atom. The lowest BCUT2D eigenvalue weighted by Crippen LogP contribution is -2.63. The summed E-state index contributed by atoms with van der Waals surface area (Å²) in [5.74, 6) is 0. The molecule has 5 aromatic carbocycles. The topological polar surface area (TPSA) is 12.0 Å². The third-order valence-electron chi connectivity index (χ3n) is 12.1. The van der Waals surface area contributed by atoms with Gasteiger partial charge in [-0.1, -0.05) is 103 Å². The molecular formula is C44H29N2+. The average molecular weight is 586 g/mol. The lowest BCUT2D eigenvalue weighted by Gasteiger charge is -2.65. The molecule has 8 bridgehead atoms. The number of rotatable bonds is 2. The first-order valence-electron chi connectivity index (χ1n) is 16.5. The van der Waals surface area contributed by atoms with Gasteiger partial charge in [-0.15, -0.1) is 0 Å². The summed E-state index contributed by atoms with van der Waals surface area (Å²) in [6, 6.07) is 50.4. The predicted molar refractivity (Wildman–Crippen MR) is 185 cm³/mol. The number of fused-ring (bicyclic) bond motifs is 5. The molecule has 2 fully saturated rings. The van der Waals surface area contributed by atoms with Gasteiger partial charge in [0.15, 0.2) is 5.70 Å². The zero-order valence-electron chi connectivity index (χ0n) is 25.2. The van der Waals surface area contributed by atoms with Crippen LogP contribution in [0.25, 0.3) is 5.57 Å². The number of allylic oxidation sites excluding steroid dienone is 8. The molecule has 8 aliphatic rings. The second-order valence-electron chi connectivity index (χ2n) is 13.7. The van der Waals surface area contributed by atoms with Crippen LogP contribution in [0, 0.1) is 0 Å². The molecule has 1 N–H and O–H groups in total. The Kier molecular flexibility index (Phi) is 3.98. The van der Waals surface area contributed by atoms with Gasteiger partial charge in [0.1, 0.15) is 11.4 Å². The molecule has 0 amide bonds. The molecule has 2 nitrogen and oxygen atoms in total. The smallest absolute Gasteiger partial charge is 0.240 e. The van der Waals surface area contributed by atoms with E-state index in [4.69, 9.17) is 0 Å². The maximum absolute atomic E-state index is 4.35. The van der Waals surface area contributed by atoms with Crippen LogP contribution in [0.2, 0.25) is 0 Å². The summed E-state index contributed by atoms with van der Waals surface area (Å²) in [5.41, 5.74) is 21.8. The van der Waals surface area contributed by atoms with Gasteiger partial charge >= 0.3 is 0 Å². The SMILES string of the molecule is C1=C2C3=C4C5=C6C(=C3C26c2ccccc2C1)c1ccc(cc1)NC1(C5=CCc2ccccc21)[N+]4(c1ccccc1)c1ccccc1. The van der Waals surface area contributed by atoms with E-state index in [-0.39, 0.29) is 5.41 Å². The number of nitrogens with one attached hydrogen (secondary N) is 1. The molecule has 1 saturated heterocycles. The van der Waals surface area contributed by atoms with Crippen molar-refractivity contribution in [3.8, 4) is 0 Å². The van der Waals surface area contributed by atoms with E-state index in [0.29, 0.717) is 4.48 Å². The molecule has 1 saturated carbocycles. The second kappa shape index (κ2) is 7.67. The van der Waals surface area contributed by atoms with E-state index in [9.17, 15) is 0 Å². The Morgan fingerprint density at radius 2 is 1.07 bits per heavy atom. The molecule has 13 rings (SSSR count). The molecule has 214 valence electrons. The fraction of sp³-hybridized carbons (Fsp3) is 0.0909. The van der Waals surface area contributed by atoms with Crippen molar-refractivity contribution in [3.05, 3.63) is 213 Å². The lowest BCUT2D eigenvalue weighted by molar-refractivity contribution is 0.307. The van der Waals surface area contributed by atoms with Gasteiger partial charge in [0.05, 0.1) is 16.6 Å². The number of nitrogens with zero attached hydrogens (tertiary/aromatic N) is 1. The van der Waals surface area contributed by atoms with Crippen LogP contribution in [0.3, 0.4) is 0 Å². The summed E-state index contributed by atoms with van der Waals surface area (Å²) in [5, 5.41) is 4.35. The van der Waals surface area contributed by atoms with Crippen molar-refractivity contribution in [2.75, 3.05) is 5.32 Å². The van der Waals surface area contributed by atoms with E-state index in [2.05, 4.69) is 151 Å². The van der Waals surface area contributed by atoms with Crippen molar-refractivity contribution in [2.45, 2.75) is 23.9 Å². The monoisotopic (exact) mass is 585 g/mol. The largest absolute Gasteiger partial charge is 0.325 e. The van der Waals surface area contributed by atoms with Gasteiger partial charge in [-0.2, -0.15) is 4.48 Å². The first-order chi connectivity index (χ1) is 22.8. The molecule has 2 atom stereocenters. The Hall–Kier alpha value is -5.44. The van der Waals surface area contributed by atoms with Crippen LogP contribution in [0.4, 0.5) is 17.1 Å². The number of anilines is 1. The highest BCUT2D eigenvalue weighted by Crippen LogP contribution is 2.83. The van der Waals surface area contributed by atoms with E-state index in [1.54, 1.807) is 0 Å². The first kappa shape index (κ1) is 23.9. The summed E-state index contributed by atoms with van der Waals surface area (Å²) in [6.45, 7) is 0. The van der Waals surface area contributed by atoms with Crippen molar-refractivity contribution < 1.29 is 0 Å². The Labute approximate surface area is 268 Å². The molecule has 0 radical (unpaired) electrons. The second-order valence-corrected chi connectivity index (χ2v) is 13.7. The van der Waals surface area contributed by atoms with Crippen LogP contribution < -0.4 is 9.80 Å². The zero-order chi connectivity index (χ0) is 29.8. The quantitative estimate of drug-likeness (QED) is 0.204. The Morgan fingerprint density at radius 1 is 0.500 bits per heavy atom. The van der Waals surface area contributed by atoms with Crippen molar-refractivity contribution in [1.29, 1.82) is 0 Å². The van der Waals surface area contributed by atoms with E-state index >= 15 is 0 Å². The van der Waals surface area contributed by atoms with E-state index in [0.717, 1.165) is 18.5 Å². The molecule has 3 aliphatic heterocycles. The van der Waals surface area contributed by atoms with Crippen molar-refractivity contribution in [1.82, 2.24) is 4.48 Å². The predicted octanol–water partition coefficient (Wildman–Crippen LogP) is 9.57. The van der Waals surface area contributed by atoms with E-state index < -0.39 is 5.66 Å². The van der Waals surface area contributed by atoms with Crippen molar-refractivity contribution in [3.63, 3.8) is 0 Å². The highest BCUT2D eigenvalue weighted by atomic mass is 15.5.